The van der Waals surface area contributed by atoms with Crippen LogP contribution in [0.5, 0.6) is 5.75 Å². The Hall–Kier alpha value is -2.41. The summed E-state index contributed by atoms with van der Waals surface area (Å²) in [5.41, 5.74) is 12.8. The molecule has 2 heterocycles. The molecular weight excluding hydrogens is 333 g/mol. The molecule has 1 aromatic heterocycles. The zero-order valence-electron chi connectivity index (χ0n) is 14.6. The van der Waals surface area contributed by atoms with Crippen LogP contribution in [0.4, 0.5) is 16.2 Å². The molecule has 0 bridgehead atoms. The van der Waals surface area contributed by atoms with Gasteiger partial charge in [0.15, 0.2) is 0 Å². The fourth-order valence-electron chi connectivity index (χ4n) is 3.68. The number of benzene rings is 1. The van der Waals surface area contributed by atoms with Crippen LogP contribution in [0.2, 0.25) is 0 Å². The third-order valence-corrected chi connectivity index (χ3v) is 5.21. The average Bonchev–Trinajstić information content (AvgIpc) is 2.59. The smallest absolute Gasteiger partial charge is 0.222 e. The van der Waals surface area contributed by atoms with E-state index >= 15 is 0 Å². The topological polar surface area (TPSA) is 90.3 Å². The quantitative estimate of drug-likeness (QED) is 0.873. The second kappa shape index (κ2) is 7.07. The number of hydrogen-bond acceptors (Lipinski definition) is 6. The number of nitrogens with two attached hydrogens (primary N) is 2. The Kier molecular flexibility index (Phi) is 4.63. The maximum absolute atomic E-state index is 13.3. The van der Waals surface area contributed by atoms with Gasteiger partial charge in [-0.1, -0.05) is 6.07 Å². The third kappa shape index (κ3) is 3.72. The van der Waals surface area contributed by atoms with Crippen LogP contribution in [0, 0.1) is 5.82 Å². The summed E-state index contributed by atoms with van der Waals surface area (Å²) in [6.07, 6.45) is 3.70. The van der Waals surface area contributed by atoms with E-state index in [1.165, 1.54) is 12.1 Å². The number of nitrogens with zero attached hydrogens (tertiary/aromatic N) is 3. The Morgan fingerprint density at radius 3 is 2.58 bits per heavy atom. The predicted molar refractivity (Wildman–Crippen MR) is 98.7 cm³/mol. The first-order chi connectivity index (χ1) is 12.6. The summed E-state index contributed by atoms with van der Waals surface area (Å²) in [6, 6.07) is 8.61. The zero-order chi connectivity index (χ0) is 18.1. The number of ether oxygens (including phenoxy) is 1. The summed E-state index contributed by atoms with van der Waals surface area (Å²) in [6.45, 7) is 1.64. The second-order valence-corrected chi connectivity index (χ2v) is 7.20. The van der Waals surface area contributed by atoms with E-state index in [0.717, 1.165) is 50.3 Å². The van der Waals surface area contributed by atoms with E-state index in [-0.39, 0.29) is 18.0 Å². The molecule has 0 spiro atoms. The van der Waals surface area contributed by atoms with Crippen LogP contribution >= 0.6 is 0 Å². The number of anilines is 2. The molecule has 2 fully saturated rings. The summed E-state index contributed by atoms with van der Waals surface area (Å²) >= 11 is 0. The van der Waals surface area contributed by atoms with Crippen LogP contribution in [0.15, 0.2) is 30.3 Å². The molecule has 4 N–H and O–H groups in total. The van der Waals surface area contributed by atoms with Gasteiger partial charge in [0.25, 0.3) is 0 Å². The molecule has 2 aromatic rings. The minimum absolute atomic E-state index is 0.0799. The Morgan fingerprint density at radius 1 is 1.12 bits per heavy atom. The molecule has 7 heteroatoms. The summed E-state index contributed by atoms with van der Waals surface area (Å²) in [5, 5.41) is 0. The van der Waals surface area contributed by atoms with Crippen molar-refractivity contribution >= 4 is 11.8 Å². The molecule has 4 rings (SSSR count). The molecule has 1 aromatic carbocycles. The molecule has 26 heavy (non-hydrogen) atoms. The first kappa shape index (κ1) is 17.0. The minimum atomic E-state index is -0.278. The van der Waals surface area contributed by atoms with E-state index in [1.54, 1.807) is 12.1 Å². The average molecular weight is 357 g/mol. The number of piperidine rings is 1. The fourth-order valence-corrected chi connectivity index (χ4v) is 3.68. The summed E-state index contributed by atoms with van der Waals surface area (Å²) in [7, 11) is 0. The van der Waals surface area contributed by atoms with Gasteiger partial charge in [-0.15, -0.1) is 0 Å². The van der Waals surface area contributed by atoms with Gasteiger partial charge in [0.05, 0.1) is 5.69 Å². The van der Waals surface area contributed by atoms with E-state index in [4.69, 9.17) is 16.2 Å². The number of nitrogen functional groups attached to an aromatic ring is 1. The molecule has 1 aliphatic carbocycles. The van der Waals surface area contributed by atoms with E-state index in [9.17, 15) is 4.39 Å². The molecule has 1 aliphatic heterocycles. The highest BCUT2D eigenvalue weighted by Crippen LogP contribution is 2.36. The highest BCUT2D eigenvalue weighted by molar-refractivity contribution is 5.45. The normalized spacial score (nSPS) is 23.5. The lowest BCUT2D eigenvalue weighted by atomic mass is 9.78. The molecule has 0 unspecified atom stereocenters. The van der Waals surface area contributed by atoms with Gasteiger partial charge in [-0.05, 0) is 25.0 Å². The lowest BCUT2D eigenvalue weighted by molar-refractivity contribution is 0.170. The first-order valence-electron chi connectivity index (χ1n) is 9.14. The van der Waals surface area contributed by atoms with Gasteiger partial charge < -0.3 is 21.1 Å². The van der Waals surface area contributed by atoms with Gasteiger partial charge in [-0.3, -0.25) is 0 Å². The van der Waals surface area contributed by atoms with E-state index in [1.807, 2.05) is 6.07 Å². The molecule has 6 nitrogen and oxygen atoms in total. The van der Waals surface area contributed by atoms with Crippen LogP contribution in [0.3, 0.4) is 0 Å². The molecule has 138 valence electrons. The fraction of sp³-hybridized carbons (Fsp3) is 0.474. The molecular formula is C19H24FN5O. The lowest BCUT2D eigenvalue weighted by Gasteiger charge is -2.35. The predicted octanol–water partition coefficient (Wildman–Crippen LogP) is 2.45. The Morgan fingerprint density at radius 2 is 1.88 bits per heavy atom. The lowest BCUT2D eigenvalue weighted by Crippen LogP contribution is -2.39. The van der Waals surface area contributed by atoms with Gasteiger partial charge in [0.1, 0.15) is 23.5 Å². The van der Waals surface area contributed by atoms with Crippen LogP contribution in [-0.2, 0) is 0 Å². The van der Waals surface area contributed by atoms with E-state index in [0.29, 0.717) is 17.6 Å². The maximum Gasteiger partial charge on any atom is 0.222 e. The van der Waals surface area contributed by atoms with Crippen molar-refractivity contribution in [3.63, 3.8) is 0 Å². The van der Waals surface area contributed by atoms with Crippen molar-refractivity contribution in [2.45, 2.75) is 43.7 Å². The van der Waals surface area contributed by atoms with E-state index < -0.39 is 0 Å². The van der Waals surface area contributed by atoms with Crippen molar-refractivity contribution in [1.82, 2.24) is 9.97 Å². The highest BCUT2D eigenvalue weighted by Gasteiger charge is 2.30. The van der Waals surface area contributed by atoms with Crippen molar-refractivity contribution in [1.29, 1.82) is 0 Å². The second-order valence-electron chi connectivity index (χ2n) is 7.20. The third-order valence-electron chi connectivity index (χ3n) is 5.21. The first-order valence-corrected chi connectivity index (χ1v) is 9.14. The van der Waals surface area contributed by atoms with Crippen molar-refractivity contribution in [2.24, 2.45) is 5.73 Å². The Bertz CT molecular complexity index is 772. The number of aromatic nitrogens is 2. The van der Waals surface area contributed by atoms with Crippen molar-refractivity contribution in [3.05, 3.63) is 41.8 Å². The van der Waals surface area contributed by atoms with Gasteiger partial charge in [0, 0.05) is 50.0 Å². The SMILES string of the molecule is Nc1nc(C2CC(N)C2)cc(N2CCC(Oc3cccc(F)c3)CC2)n1. The highest BCUT2D eigenvalue weighted by atomic mass is 19.1. The standard InChI is InChI=1S/C19H24FN5O/c20-13-2-1-3-16(10-13)26-15-4-6-25(7-5-15)18-11-17(23-19(22)24-18)12-8-14(21)9-12/h1-3,10-12,14-15H,4-9,21H2,(H2,22,23,24). The van der Waals surface area contributed by atoms with Crippen LogP contribution in [0.25, 0.3) is 0 Å². The van der Waals surface area contributed by atoms with Gasteiger partial charge in [-0.25, -0.2) is 9.37 Å². The van der Waals surface area contributed by atoms with E-state index in [2.05, 4.69) is 14.9 Å². The Balaban J connectivity index is 1.38. The molecule has 2 aliphatic rings. The largest absolute Gasteiger partial charge is 0.490 e. The molecule has 1 saturated carbocycles. The molecule has 0 atom stereocenters. The summed E-state index contributed by atoms with van der Waals surface area (Å²) in [5.74, 6) is 1.88. The molecule has 0 amide bonds. The molecule has 1 saturated heterocycles. The number of hydrogen-bond donors (Lipinski definition) is 2. The minimum Gasteiger partial charge on any atom is -0.490 e. The Labute approximate surface area is 152 Å². The zero-order valence-corrected chi connectivity index (χ0v) is 14.6. The van der Waals surface area contributed by atoms with Crippen molar-refractivity contribution in [3.8, 4) is 5.75 Å². The van der Waals surface area contributed by atoms with Crippen molar-refractivity contribution < 1.29 is 9.13 Å². The van der Waals surface area contributed by atoms with Crippen LogP contribution < -0.4 is 21.1 Å². The number of halogens is 1. The maximum atomic E-state index is 13.3. The van der Waals surface area contributed by atoms with Gasteiger partial charge in [0.2, 0.25) is 5.95 Å². The number of rotatable bonds is 4. The van der Waals surface area contributed by atoms with Crippen LogP contribution in [0.1, 0.15) is 37.3 Å². The van der Waals surface area contributed by atoms with Crippen molar-refractivity contribution in [2.75, 3.05) is 23.7 Å². The molecule has 0 radical (unpaired) electrons. The van der Waals surface area contributed by atoms with Crippen LogP contribution in [-0.4, -0.2) is 35.2 Å². The monoisotopic (exact) mass is 357 g/mol. The summed E-state index contributed by atoms with van der Waals surface area (Å²) in [4.78, 5) is 11.0. The van der Waals surface area contributed by atoms with Gasteiger partial charge >= 0.3 is 0 Å². The van der Waals surface area contributed by atoms with Gasteiger partial charge in [-0.2, -0.15) is 4.98 Å². The summed E-state index contributed by atoms with van der Waals surface area (Å²) < 4.78 is 19.2.